The summed E-state index contributed by atoms with van der Waals surface area (Å²) in [6.07, 6.45) is 5.29. The van der Waals surface area contributed by atoms with Crippen LogP contribution in [-0.2, 0) is 6.61 Å². The summed E-state index contributed by atoms with van der Waals surface area (Å²) in [6, 6.07) is 9.77. The summed E-state index contributed by atoms with van der Waals surface area (Å²) in [6.45, 7) is 0.431. The minimum absolute atomic E-state index is 0.0396. The molecule has 0 saturated carbocycles. The van der Waals surface area contributed by atoms with E-state index in [-0.39, 0.29) is 6.61 Å². The number of pyridine rings is 1. The molecule has 0 radical (unpaired) electrons. The van der Waals surface area contributed by atoms with Gasteiger partial charge in [0.15, 0.2) is 0 Å². The van der Waals surface area contributed by atoms with E-state index >= 15 is 0 Å². The van der Waals surface area contributed by atoms with Gasteiger partial charge in [0.25, 0.3) is 0 Å². The monoisotopic (exact) mass is 226 g/mol. The van der Waals surface area contributed by atoms with E-state index in [2.05, 4.69) is 10.9 Å². The van der Waals surface area contributed by atoms with E-state index in [9.17, 15) is 5.11 Å². The second kappa shape index (κ2) is 4.86. The molecule has 1 aromatic heterocycles. The molecule has 0 aliphatic heterocycles. The minimum Gasteiger partial charge on any atom is -0.392 e. The van der Waals surface area contributed by atoms with Crippen LogP contribution in [0.5, 0.6) is 0 Å². The van der Waals surface area contributed by atoms with Crippen molar-refractivity contribution in [2.24, 2.45) is 0 Å². The summed E-state index contributed by atoms with van der Waals surface area (Å²) in [5.41, 5.74) is 1.70. The zero-order chi connectivity index (χ0) is 12.3. The highest BCUT2D eigenvalue weighted by Gasteiger charge is 2.09. The third-order valence-electron chi connectivity index (χ3n) is 2.64. The number of nitrogens with zero attached hydrogens (tertiary/aromatic N) is 2. The van der Waals surface area contributed by atoms with Crippen LogP contribution in [0.3, 0.4) is 0 Å². The topological polar surface area (TPSA) is 36.4 Å². The molecule has 0 saturated heterocycles. The maximum Gasteiger partial charge on any atom is 0.135 e. The van der Waals surface area contributed by atoms with E-state index in [4.69, 9.17) is 6.42 Å². The minimum atomic E-state index is -0.0396. The molecule has 17 heavy (non-hydrogen) atoms. The molecule has 0 atom stereocenters. The molecule has 2 rings (SSSR count). The predicted octanol–water partition coefficient (Wildman–Crippen LogP) is 1.80. The number of terminal acetylenes is 1. The molecule has 3 nitrogen and oxygen atoms in total. The summed E-state index contributed by atoms with van der Waals surface area (Å²) in [4.78, 5) is 6.39. The smallest absolute Gasteiger partial charge is 0.135 e. The van der Waals surface area contributed by atoms with Crippen molar-refractivity contribution in [3.05, 3.63) is 35.9 Å². The van der Waals surface area contributed by atoms with Crippen molar-refractivity contribution in [3.63, 3.8) is 0 Å². The van der Waals surface area contributed by atoms with Crippen LogP contribution in [0.25, 0.3) is 10.9 Å². The molecule has 0 fully saturated rings. The molecule has 2 aromatic rings. The number of aliphatic hydroxyl groups excluding tert-OH is 1. The van der Waals surface area contributed by atoms with Gasteiger partial charge in [0.1, 0.15) is 5.82 Å². The van der Waals surface area contributed by atoms with Gasteiger partial charge in [-0.25, -0.2) is 4.98 Å². The van der Waals surface area contributed by atoms with Gasteiger partial charge >= 0.3 is 0 Å². The Kier molecular flexibility index (Phi) is 3.27. The lowest BCUT2D eigenvalue weighted by Gasteiger charge is -2.18. The average Bonchev–Trinajstić information content (AvgIpc) is 2.37. The third kappa shape index (κ3) is 2.22. The summed E-state index contributed by atoms with van der Waals surface area (Å²) in [5.74, 6) is 3.31. The van der Waals surface area contributed by atoms with Gasteiger partial charge in [-0.05, 0) is 12.1 Å². The predicted molar refractivity (Wildman–Crippen MR) is 69.8 cm³/mol. The highest BCUT2D eigenvalue weighted by molar-refractivity contribution is 5.81. The SMILES string of the molecule is C#CCN(C)c1nc2ccccc2cc1CO. The lowest BCUT2D eigenvalue weighted by molar-refractivity contribution is 0.282. The first kappa shape index (κ1) is 11.4. The first-order valence-corrected chi connectivity index (χ1v) is 5.40. The van der Waals surface area contributed by atoms with Gasteiger partial charge in [-0.2, -0.15) is 0 Å². The van der Waals surface area contributed by atoms with Crippen LogP contribution in [0.2, 0.25) is 0 Å². The fourth-order valence-electron chi connectivity index (χ4n) is 1.81. The maximum atomic E-state index is 9.38. The fourth-order valence-corrected chi connectivity index (χ4v) is 1.81. The molecular weight excluding hydrogens is 212 g/mol. The first-order chi connectivity index (χ1) is 8.26. The molecule has 1 heterocycles. The van der Waals surface area contributed by atoms with E-state index < -0.39 is 0 Å². The first-order valence-electron chi connectivity index (χ1n) is 5.40. The summed E-state index contributed by atoms with van der Waals surface area (Å²) < 4.78 is 0. The van der Waals surface area contributed by atoms with Crippen LogP contribution < -0.4 is 4.90 Å². The number of fused-ring (bicyclic) bond motifs is 1. The van der Waals surface area contributed by atoms with Crippen LogP contribution in [0, 0.1) is 12.3 Å². The fraction of sp³-hybridized carbons (Fsp3) is 0.214. The lowest BCUT2D eigenvalue weighted by Crippen LogP contribution is -2.20. The van der Waals surface area contributed by atoms with Crippen LogP contribution in [0.15, 0.2) is 30.3 Å². The molecule has 0 aliphatic rings. The molecule has 0 bridgehead atoms. The second-order valence-electron chi connectivity index (χ2n) is 3.88. The Morgan fingerprint density at radius 3 is 2.88 bits per heavy atom. The van der Waals surface area contributed by atoms with Crippen molar-refractivity contribution in [3.8, 4) is 12.3 Å². The van der Waals surface area contributed by atoms with Crippen LogP contribution in [0.4, 0.5) is 5.82 Å². The number of hydrogen-bond acceptors (Lipinski definition) is 3. The van der Waals surface area contributed by atoms with Gasteiger partial charge in [0.2, 0.25) is 0 Å². The summed E-state index contributed by atoms with van der Waals surface area (Å²) in [7, 11) is 1.87. The number of aromatic nitrogens is 1. The Bertz CT molecular complexity index is 572. The van der Waals surface area contributed by atoms with E-state index in [0.717, 1.165) is 22.3 Å². The summed E-state index contributed by atoms with van der Waals surface area (Å²) in [5, 5.41) is 10.4. The number of rotatable bonds is 3. The van der Waals surface area contributed by atoms with Crippen molar-refractivity contribution >= 4 is 16.7 Å². The van der Waals surface area contributed by atoms with E-state index in [1.165, 1.54) is 0 Å². The molecule has 86 valence electrons. The molecule has 0 unspecified atom stereocenters. The largest absolute Gasteiger partial charge is 0.392 e. The highest BCUT2D eigenvalue weighted by atomic mass is 16.3. The van der Waals surface area contributed by atoms with Gasteiger partial charge in [-0.1, -0.05) is 24.1 Å². The van der Waals surface area contributed by atoms with Gasteiger partial charge in [0, 0.05) is 18.0 Å². The molecule has 1 aromatic carbocycles. The van der Waals surface area contributed by atoms with E-state index in [1.54, 1.807) is 0 Å². The quantitative estimate of drug-likeness (QED) is 0.811. The standard InChI is InChI=1S/C14H14N2O/c1-3-8-16(2)14-12(10-17)9-11-6-4-5-7-13(11)15-14/h1,4-7,9,17H,8,10H2,2H3. The van der Waals surface area contributed by atoms with Crippen molar-refractivity contribution in [2.45, 2.75) is 6.61 Å². The Morgan fingerprint density at radius 2 is 2.18 bits per heavy atom. The van der Waals surface area contributed by atoms with Crippen LogP contribution in [0.1, 0.15) is 5.56 Å². The Morgan fingerprint density at radius 1 is 1.41 bits per heavy atom. The maximum absolute atomic E-state index is 9.38. The zero-order valence-electron chi connectivity index (χ0n) is 9.72. The molecule has 0 aliphatic carbocycles. The summed E-state index contributed by atoms with van der Waals surface area (Å²) >= 11 is 0. The van der Waals surface area contributed by atoms with E-state index in [1.807, 2.05) is 42.3 Å². The highest BCUT2D eigenvalue weighted by Crippen LogP contribution is 2.22. The third-order valence-corrected chi connectivity index (χ3v) is 2.64. The van der Waals surface area contributed by atoms with Crippen molar-refractivity contribution in [1.29, 1.82) is 0 Å². The molecular formula is C14H14N2O. The molecule has 1 N–H and O–H groups in total. The normalized spacial score (nSPS) is 10.2. The van der Waals surface area contributed by atoms with Gasteiger partial charge < -0.3 is 10.0 Å². The van der Waals surface area contributed by atoms with Crippen LogP contribution >= 0.6 is 0 Å². The number of hydrogen-bond donors (Lipinski definition) is 1. The molecule has 0 spiro atoms. The van der Waals surface area contributed by atoms with Crippen molar-refractivity contribution < 1.29 is 5.11 Å². The van der Waals surface area contributed by atoms with Crippen LogP contribution in [-0.4, -0.2) is 23.7 Å². The van der Waals surface area contributed by atoms with Gasteiger partial charge in [-0.3, -0.25) is 0 Å². The number of benzene rings is 1. The molecule has 3 heteroatoms. The van der Waals surface area contributed by atoms with Crippen molar-refractivity contribution in [2.75, 3.05) is 18.5 Å². The Hall–Kier alpha value is -2.05. The van der Waals surface area contributed by atoms with Gasteiger partial charge in [-0.15, -0.1) is 6.42 Å². The second-order valence-corrected chi connectivity index (χ2v) is 3.88. The Balaban J connectivity index is 2.57. The van der Waals surface area contributed by atoms with Gasteiger partial charge in [0.05, 0.1) is 18.7 Å². The Labute approximate surface area is 101 Å². The van der Waals surface area contributed by atoms with Crippen molar-refractivity contribution in [1.82, 2.24) is 4.98 Å². The molecule has 0 amide bonds. The number of anilines is 1. The number of aliphatic hydroxyl groups is 1. The zero-order valence-corrected chi connectivity index (χ0v) is 9.72. The lowest BCUT2D eigenvalue weighted by atomic mass is 10.1. The number of para-hydroxylation sites is 1. The average molecular weight is 226 g/mol. The van der Waals surface area contributed by atoms with E-state index in [0.29, 0.717) is 6.54 Å².